The highest BCUT2D eigenvalue weighted by atomic mass is 35.5. The van der Waals surface area contributed by atoms with Crippen LogP contribution in [0.25, 0.3) is 0 Å². The molecule has 0 radical (unpaired) electrons. The Morgan fingerprint density at radius 3 is 2.53 bits per heavy atom. The second kappa shape index (κ2) is 9.84. The van der Waals surface area contributed by atoms with Crippen molar-refractivity contribution in [3.8, 4) is 0 Å². The maximum Gasteiger partial charge on any atom is 0.0409 e. The largest absolute Gasteiger partial charge is 0.313 e. The molecule has 5 heteroatoms. The quantitative estimate of drug-likeness (QED) is 0.882. The fourth-order valence-corrected chi connectivity index (χ4v) is 2.72. The summed E-state index contributed by atoms with van der Waals surface area (Å²) in [5.74, 6) is 0. The number of hydrogen-bond acceptors (Lipinski definition) is 2. The minimum atomic E-state index is 0. The smallest absolute Gasteiger partial charge is 0.0409 e. The molecule has 1 unspecified atom stereocenters. The van der Waals surface area contributed by atoms with Crippen LogP contribution in [0.2, 0.25) is 5.02 Å². The van der Waals surface area contributed by atoms with Gasteiger partial charge in [-0.25, -0.2) is 0 Å². The van der Waals surface area contributed by atoms with E-state index in [9.17, 15) is 0 Å². The van der Waals surface area contributed by atoms with E-state index in [0.29, 0.717) is 6.04 Å². The summed E-state index contributed by atoms with van der Waals surface area (Å²) in [7, 11) is 2.02. The Morgan fingerprint density at radius 2 is 1.95 bits per heavy atom. The summed E-state index contributed by atoms with van der Waals surface area (Å²) in [4.78, 5) is 2.55. The predicted molar refractivity (Wildman–Crippen MR) is 88.0 cm³/mol. The minimum Gasteiger partial charge on any atom is -0.313 e. The van der Waals surface area contributed by atoms with Crippen LogP contribution in [0.4, 0.5) is 0 Å². The highest BCUT2D eigenvalue weighted by Crippen LogP contribution is 2.21. The first-order chi connectivity index (χ1) is 8.29. The lowest BCUT2D eigenvalue weighted by Gasteiger charge is -2.21. The molecule has 1 aliphatic heterocycles. The number of rotatable bonds is 5. The lowest BCUT2D eigenvalue weighted by atomic mass is 10.0. The second-order valence-corrected chi connectivity index (χ2v) is 5.17. The summed E-state index contributed by atoms with van der Waals surface area (Å²) >= 11 is 6.03. The average molecular weight is 326 g/mol. The van der Waals surface area contributed by atoms with Crippen molar-refractivity contribution in [2.24, 2.45) is 0 Å². The van der Waals surface area contributed by atoms with Crippen molar-refractivity contribution in [3.63, 3.8) is 0 Å². The number of benzene rings is 1. The van der Waals surface area contributed by atoms with Crippen molar-refractivity contribution in [1.29, 1.82) is 0 Å². The third-order valence-electron chi connectivity index (χ3n) is 3.53. The van der Waals surface area contributed by atoms with Gasteiger partial charge in [-0.15, -0.1) is 24.8 Å². The molecular formula is C14H23Cl3N2. The van der Waals surface area contributed by atoms with Gasteiger partial charge in [0, 0.05) is 11.1 Å². The first-order valence-electron chi connectivity index (χ1n) is 6.44. The van der Waals surface area contributed by atoms with E-state index in [0.717, 1.165) is 11.4 Å². The Kier molecular flexibility index (Phi) is 9.85. The number of halogens is 3. The van der Waals surface area contributed by atoms with Crippen molar-refractivity contribution in [2.45, 2.75) is 25.3 Å². The van der Waals surface area contributed by atoms with Crippen LogP contribution in [0.3, 0.4) is 0 Å². The molecule has 0 aliphatic carbocycles. The standard InChI is InChI=1S/C14H21ClN2.2ClH/c1-16-14(7-10-17-8-2-3-9-17)12-5-4-6-13(15)11-12;;/h4-6,11,14,16H,2-3,7-10H2,1H3;2*1H. The van der Waals surface area contributed by atoms with E-state index in [2.05, 4.69) is 22.3 Å². The molecule has 110 valence electrons. The maximum atomic E-state index is 6.03. The van der Waals surface area contributed by atoms with Gasteiger partial charge in [0.2, 0.25) is 0 Å². The first kappa shape index (κ1) is 19.0. The molecule has 19 heavy (non-hydrogen) atoms. The van der Waals surface area contributed by atoms with E-state index < -0.39 is 0 Å². The van der Waals surface area contributed by atoms with Gasteiger partial charge in [0.05, 0.1) is 0 Å². The lowest BCUT2D eigenvalue weighted by Crippen LogP contribution is -2.26. The fraction of sp³-hybridized carbons (Fsp3) is 0.571. The Balaban J connectivity index is 0.00000162. The van der Waals surface area contributed by atoms with Crippen molar-refractivity contribution >= 4 is 36.4 Å². The van der Waals surface area contributed by atoms with E-state index in [1.165, 1.54) is 38.0 Å². The van der Waals surface area contributed by atoms with Crippen LogP contribution in [-0.4, -0.2) is 31.6 Å². The molecule has 0 amide bonds. The third-order valence-corrected chi connectivity index (χ3v) is 3.77. The zero-order valence-electron chi connectivity index (χ0n) is 11.3. The van der Waals surface area contributed by atoms with E-state index in [1.807, 2.05) is 19.2 Å². The van der Waals surface area contributed by atoms with Gasteiger partial charge >= 0.3 is 0 Å². The van der Waals surface area contributed by atoms with Crippen molar-refractivity contribution in [2.75, 3.05) is 26.7 Å². The van der Waals surface area contributed by atoms with Gasteiger partial charge in [0.1, 0.15) is 0 Å². The van der Waals surface area contributed by atoms with Gasteiger partial charge in [-0.2, -0.15) is 0 Å². The SMILES string of the molecule is CNC(CCN1CCCC1)c1cccc(Cl)c1.Cl.Cl. The van der Waals surface area contributed by atoms with Gasteiger partial charge in [0.15, 0.2) is 0 Å². The van der Waals surface area contributed by atoms with Crippen LogP contribution in [0.1, 0.15) is 30.9 Å². The molecule has 0 saturated carbocycles. The zero-order valence-corrected chi connectivity index (χ0v) is 13.7. The number of nitrogens with one attached hydrogen (secondary N) is 1. The summed E-state index contributed by atoms with van der Waals surface area (Å²) in [6, 6.07) is 8.58. The number of hydrogen-bond donors (Lipinski definition) is 1. The molecule has 1 heterocycles. The first-order valence-corrected chi connectivity index (χ1v) is 6.82. The van der Waals surface area contributed by atoms with Gasteiger partial charge in [0.25, 0.3) is 0 Å². The van der Waals surface area contributed by atoms with Crippen molar-refractivity contribution in [3.05, 3.63) is 34.9 Å². The molecule has 0 aromatic heterocycles. The average Bonchev–Trinajstić information content (AvgIpc) is 2.83. The highest BCUT2D eigenvalue weighted by Gasteiger charge is 2.15. The molecule has 2 rings (SSSR count). The Bertz CT molecular complexity index is 354. The van der Waals surface area contributed by atoms with Crippen molar-refractivity contribution < 1.29 is 0 Å². The van der Waals surface area contributed by atoms with Crippen LogP contribution in [0, 0.1) is 0 Å². The molecule has 0 bridgehead atoms. The second-order valence-electron chi connectivity index (χ2n) is 4.73. The third kappa shape index (κ3) is 5.88. The van der Waals surface area contributed by atoms with Gasteiger partial charge in [-0.05, 0) is 63.6 Å². The van der Waals surface area contributed by atoms with E-state index >= 15 is 0 Å². The monoisotopic (exact) mass is 324 g/mol. The molecule has 1 atom stereocenters. The molecule has 1 aliphatic rings. The maximum absolute atomic E-state index is 6.03. The van der Waals surface area contributed by atoms with Crippen LogP contribution < -0.4 is 5.32 Å². The molecule has 0 spiro atoms. The molecule has 1 aromatic rings. The molecular weight excluding hydrogens is 303 g/mol. The highest BCUT2D eigenvalue weighted by molar-refractivity contribution is 6.30. The van der Waals surface area contributed by atoms with E-state index in [-0.39, 0.29) is 24.8 Å². The summed E-state index contributed by atoms with van der Waals surface area (Å²) < 4.78 is 0. The normalized spacial score (nSPS) is 16.5. The molecule has 2 nitrogen and oxygen atoms in total. The summed E-state index contributed by atoms with van der Waals surface area (Å²) in [6.07, 6.45) is 3.87. The Labute approximate surface area is 133 Å². The van der Waals surface area contributed by atoms with E-state index in [4.69, 9.17) is 11.6 Å². The molecule has 1 saturated heterocycles. The van der Waals surface area contributed by atoms with Gasteiger partial charge < -0.3 is 10.2 Å². The summed E-state index contributed by atoms with van der Waals surface area (Å²) in [5, 5.41) is 4.21. The van der Waals surface area contributed by atoms with Crippen LogP contribution >= 0.6 is 36.4 Å². The lowest BCUT2D eigenvalue weighted by molar-refractivity contribution is 0.314. The Morgan fingerprint density at radius 1 is 1.26 bits per heavy atom. The van der Waals surface area contributed by atoms with Crippen LogP contribution in [-0.2, 0) is 0 Å². The predicted octanol–water partition coefficient (Wildman–Crippen LogP) is 3.93. The summed E-state index contributed by atoms with van der Waals surface area (Å²) in [6.45, 7) is 3.72. The minimum absolute atomic E-state index is 0. The Hall–Kier alpha value is 0.01000. The van der Waals surface area contributed by atoms with E-state index in [1.54, 1.807) is 0 Å². The number of likely N-dealkylation sites (tertiary alicyclic amines) is 1. The van der Waals surface area contributed by atoms with Crippen molar-refractivity contribution in [1.82, 2.24) is 10.2 Å². The fourth-order valence-electron chi connectivity index (χ4n) is 2.52. The van der Waals surface area contributed by atoms with Gasteiger partial charge in [-0.3, -0.25) is 0 Å². The summed E-state index contributed by atoms with van der Waals surface area (Å²) in [5.41, 5.74) is 1.29. The molecule has 1 N–H and O–H groups in total. The zero-order chi connectivity index (χ0) is 12.1. The van der Waals surface area contributed by atoms with Crippen LogP contribution in [0.5, 0.6) is 0 Å². The van der Waals surface area contributed by atoms with Gasteiger partial charge in [-0.1, -0.05) is 23.7 Å². The molecule has 1 aromatic carbocycles. The van der Waals surface area contributed by atoms with Crippen LogP contribution in [0.15, 0.2) is 24.3 Å². The molecule has 1 fully saturated rings. The topological polar surface area (TPSA) is 15.3 Å². The number of nitrogens with zero attached hydrogens (tertiary/aromatic N) is 1.